The summed E-state index contributed by atoms with van der Waals surface area (Å²) in [5, 5.41) is 2.12. The first-order valence-electron chi connectivity index (χ1n) is 5.71. The van der Waals surface area contributed by atoms with Crippen LogP contribution in [0.15, 0.2) is 53.1 Å². The minimum atomic E-state index is -0.691. The summed E-state index contributed by atoms with van der Waals surface area (Å²) in [6.07, 6.45) is 1.58. The van der Waals surface area contributed by atoms with Gasteiger partial charge in [0.05, 0.1) is 12.3 Å². The predicted molar refractivity (Wildman–Crippen MR) is 70.3 cm³/mol. The van der Waals surface area contributed by atoms with E-state index < -0.39 is 5.38 Å². The van der Waals surface area contributed by atoms with Crippen LogP contribution in [0.4, 0.5) is 0 Å². The number of carbonyl (C=O) groups is 1. The van der Waals surface area contributed by atoms with Gasteiger partial charge in [-0.25, -0.2) is 0 Å². The summed E-state index contributed by atoms with van der Waals surface area (Å²) in [4.78, 5) is 12.0. The monoisotopic (exact) mass is 263 g/mol. The molecule has 4 heteroatoms. The molecule has 1 amide bonds. The van der Waals surface area contributed by atoms with Crippen molar-refractivity contribution < 1.29 is 9.21 Å². The van der Waals surface area contributed by atoms with Gasteiger partial charge in [0.2, 0.25) is 5.91 Å². The van der Waals surface area contributed by atoms with Crippen molar-refractivity contribution in [2.75, 3.05) is 0 Å². The summed E-state index contributed by atoms with van der Waals surface area (Å²) in [7, 11) is 0. The minimum Gasteiger partial charge on any atom is -0.467 e. The van der Waals surface area contributed by atoms with Gasteiger partial charge in [-0.1, -0.05) is 30.3 Å². The van der Waals surface area contributed by atoms with Gasteiger partial charge in [-0.05, 0) is 24.6 Å². The van der Waals surface area contributed by atoms with Gasteiger partial charge in [-0.3, -0.25) is 4.79 Å². The van der Waals surface area contributed by atoms with Crippen molar-refractivity contribution in [3.05, 3.63) is 60.1 Å². The number of amides is 1. The van der Waals surface area contributed by atoms with E-state index in [9.17, 15) is 4.79 Å². The highest BCUT2D eigenvalue weighted by atomic mass is 35.5. The Morgan fingerprint density at radius 2 is 1.94 bits per heavy atom. The van der Waals surface area contributed by atoms with Crippen LogP contribution in [0.25, 0.3) is 0 Å². The molecule has 2 rings (SSSR count). The molecule has 0 saturated carbocycles. The smallest absolute Gasteiger partial charge is 0.243 e. The third kappa shape index (κ3) is 2.93. The highest BCUT2D eigenvalue weighted by Crippen LogP contribution is 2.22. The molecule has 3 nitrogen and oxygen atoms in total. The largest absolute Gasteiger partial charge is 0.467 e. The zero-order valence-electron chi connectivity index (χ0n) is 9.97. The number of benzene rings is 1. The molecule has 18 heavy (non-hydrogen) atoms. The van der Waals surface area contributed by atoms with Crippen LogP contribution in [0.5, 0.6) is 0 Å². The molecule has 1 aromatic heterocycles. The topological polar surface area (TPSA) is 42.2 Å². The Bertz CT molecular complexity index is 496. The van der Waals surface area contributed by atoms with Crippen LogP contribution in [0.1, 0.15) is 29.7 Å². The Morgan fingerprint density at radius 3 is 2.56 bits per heavy atom. The Kier molecular flexibility index (Phi) is 4.05. The van der Waals surface area contributed by atoms with Crippen LogP contribution in [0.2, 0.25) is 0 Å². The molecule has 1 heterocycles. The lowest BCUT2D eigenvalue weighted by molar-refractivity contribution is -0.121. The molecule has 0 aliphatic rings. The van der Waals surface area contributed by atoms with E-state index in [1.54, 1.807) is 12.3 Å². The first kappa shape index (κ1) is 12.7. The SMILES string of the molecule is C[C@@H](NC(=O)C(Cl)c1ccccc1)c1ccco1. The Balaban J connectivity index is 2.00. The van der Waals surface area contributed by atoms with Crippen molar-refractivity contribution in [1.82, 2.24) is 5.32 Å². The molecule has 2 aromatic rings. The second kappa shape index (κ2) is 5.74. The molecule has 0 radical (unpaired) electrons. The zero-order valence-corrected chi connectivity index (χ0v) is 10.7. The van der Waals surface area contributed by atoms with E-state index in [1.807, 2.05) is 43.3 Å². The highest BCUT2D eigenvalue weighted by molar-refractivity contribution is 6.30. The number of nitrogens with one attached hydrogen (secondary N) is 1. The van der Waals surface area contributed by atoms with Crippen LogP contribution in [-0.4, -0.2) is 5.91 Å². The molecule has 0 saturated heterocycles. The summed E-state index contributed by atoms with van der Waals surface area (Å²) >= 11 is 6.12. The van der Waals surface area contributed by atoms with Crippen molar-refractivity contribution >= 4 is 17.5 Å². The molecule has 2 atom stereocenters. The lowest BCUT2D eigenvalue weighted by atomic mass is 10.1. The third-order valence-electron chi connectivity index (χ3n) is 2.65. The van der Waals surface area contributed by atoms with Crippen LogP contribution < -0.4 is 5.32 Å². The summed E-state index contributed by atoms with van der Waals surface area (Å²) in [6.45, 7) is 1.85. The predicted octanol–water partition coefficient (Wildman–Crippen LogP) is 3.44. The second-order valence-electron chi connectivity index (χ2n) is 4.02. The van der Waals surface area contributed by atoms with Gasteiger partial charge in [-0.2, -0.15) is 0 Å². The summed E-state index contributed by atoms with van der Waals surface area (Å²) in [5.74, 6) is 0.479. The molecule has 1 N–H and O–H groups in total. The molecule has 0 fully saturated rings. The normalized spacial score (nSPS) is 13.9. The number of alkyl halides is 1. The van der Waals surface area contributed by atoms with E-state index in [1.165, 1.54) is 0 Å². The van der Waals surface area contributed by atoms with Crippen molar-refractivity contribution in [3.63, 3.8) is 0 Å². The van der Waals surface area contributed by atoms with Gasteiger partial charge in [0.15, 0.2) is 0 Å². The first-order chi connectivity index (χ1) is 8.68. The lowest BCUT2D eigenvalue weighted by Crippen LogP contribution is -2.29. The molecule has 1 aromatic carbocycles. The van der Waals surface area contributed by atoms with Gasteiger partial charge in [0, 0.05) is 0 Å². The number of furan rings is 1. The molecular formula is C14H14ClNO2. The molecule has 0 aliphatic heterocycles. The standard InChI is InChI=1S/C14H14ClNO2/c1-10(12-8-5-9-18-12)16-14(17)13(15)11-6-3-2-4-7-11/h2-10,13H,1H3,(H,16,17)/t10-,13?/m1/s1. The number of hydrogen-bond acceptors (Lipinski definition) is 2. The number of rotatable bonds is 4. The third-order valence-corrected chi connectivity index (χ3v) is 3.10. The fourth-order valence-corrected chi connectivity index (χ4v) is 1.88. The van der Waals surface area contributed by atoms with Gasteiger partial charge < -0.3 is 9.73 Å². The Labute approximate surface area is 111 Å². The number of hydrogen-bond donors (Lipinski definition) is 1. The van der Waals surface area contributed by atoms with Crippen LogP contribution in [-0.2, 0) is 4.79 Å². The average Bonchev–Trinajstić information content (AvgIpc) is 2.92. The van der Waals surface area contributed by atoms with E-state index in [0.717, 1.165) is 5.56 Å². The summed E-state index contributed by atoms with van der Waals surface area (Å²) < 4.78 is 5.22. The van der Waals surface area contributed by atoms with Crippen LogP contribution >= 0.6 is 11.6 Å². The molecule has 0 bridgehead atoms. The maximum atomic E-state index is 12.0. The van der Waals surface area contributed by atoms with Crippen molar-refractivity contribution in [2.24, 2.45) is 0 Å². The van der Waals surface area contributed by atoms with Crippen molar-refractivity contribution in [3.8, 4) is 0 Å². The Morgan fingerprint density at radius 1 is 1.22 bits per heavy atom. The molecule has 0 aliphatic carbocycles. The number of halogens is 1. The molecular weight excluding hydrogens is 250 g/mol. The maximum Gasteiger partial charge on any atom is 0.243 e. The second-order valence-corrected chi connectivity index (χ2v) is 4.46. The lowest BCUT2D eigenvalue weighted by Gasteiger charge is -2.15. The highest BCUT2D eigenvalue weighted by Gasteiger charge is 2.20. The van der Waals surface area contributed by atoms with E-state index in [4.69, 9.17) is 16.0 Å². The average molecular weight is 264 g/mol. The van der Waals surface area contributed by atoms with Crippen LogP contribution in [0.3, 0.4) is 0 Å². The van der Waals surface area contributed by atoms with Gasteiger partial charge in [-0.15, -0.1) is 11.6 Å². The zero-order chi connectivity index (χ0) is 13.0. The fraction of sp³-hybridized carbons (Fsp3) is 0.214. The fourth-order valence-electron chi connectivity index (χ4n) is 1.67. The summed E-state index contributed by atoms with van der Waals surface area (Å²) in [6, 6.07) is 12.7. The van der Waals surface area contributed by atoms with Gasteiger partial charge >= 0.3 is 0 Å². The van der Waals surface area contributed by atoms with Crippen LogP contribution in [0, 0.1) is 0 Å². The van der Waals surface area contributed by atoms with E-state index in [0.29, 0.717) is 5.76 Å². The van der Waals surface area contributed by atoms with Gasteiger partial charge in [0.25, 0.3) is 0 Å². The van der Waals surface area contributed by atoms with E-state index >= 15 is 0 Å². The summed E-state index contributed by atoms with van der Waals surface area (Å²) in [5.41, 5.74) is 0.781. The van der Waals surface area contributed by atoms with Gasteiger partial charge in [0.1, 0.15) is 11.1 Å². The quantitative estimate of drug-likeness (QED) is 0.859. The molecule has 94 valence electrons. The van der Waals surface area contributed by atoms with Crippen molar-refractivity contribution in [1.29, 1.82) is 0 Å². The Hall–Kier alpha value is -1.74. The van der Waals surface area contributed by atoms with E-state index in [-0.39, 0.29) is 11.9 Å². The molecule has 0 spiro atoms. The molecule has 1 unspecified atom stereocenters. The minimum absolute atomic E-state index is 0.197. The number of carbonyl (C=O) groups excluding carboxylic acids is 1. The maximum absolute atomic E-state index is 12.0. The van der Waals surface area contributed by atoms with E-state index in [2.05, 4.69) is 5.32 Å². The first-order valence-corrected chi connectivity index (χ1v) is 6.15. The van der Waals surface area contributed by atoms with Crippen molar-refractivity contribution in [2.45, 2.75) is 18.3 Å².